The quantitative estimate of drug-likeness (QED) is 0.0384. The van der Waals surface area contributed by atoms with Gasteiger partial charge in [-0.15, -0.1) is 0 Å². The summed E-state index contributed by atoms with van der Waals surface area (Å²) in [5.74, 6) is -3.58. The Labute approximate surface area is 373 Å². The van der Waals surface area contributed by atoms with Gasteiger partial charge in [0.25, 0.3) is 10.0 Å². The van der Waals surface area contributed by atoms with Crippen LogP contribution >= 0.6 is 30.8 Å². The number of carbonyl (C=O) groups is 4. The van der Waals surface area contributed by atoms with Crippen LogP contribution in [0.25, 0.3) is 0 Å². The molecule has 2 amide bonds. The molecule has 0 aliphatic heterocycles. The van der Waals surface area contributed by atoms with Gasteiger partial charge in [-0.3, -0.25) is 20.0 Å². The number of aliphatic carboxylic acids is 2. The fraction of sp³-hybridized carbons (Fsp3) is 0.286. The van der Waals surface area contributed by atoms with Crippen LogP contribution in [0.3, 0.4) is 0 Å². The van der Waals surface area contributed by atoms with Crippen LogP contribution in [0.1, 0.15) is 40.7 Å². The number of carboxylic acids is 2. The minimum absolute atomic E-state index is 0.0246. The molecule has 0 aliphatic rings. The van der Waals surface area contributed by atoms with Gasteiger partial charge in [-0.1, -0.05) is 41.4 Å². The Morgan fingerprint density at radius 1 is 0.908 bits per heavy atom. The molecule has 4 rings (SSSR count). The second-order valence-corrected chi connectivity index (χ2v) is 16.5. The van der Waals surface area contributed by atoms with E-state index in [-0.39, 0.29) is 50.5 Å². The number of anilines is 1. The lowest BCUT2D eigenvalue weighted by Gasteiger charge is -2.13. The van der Waals surface area contributed by atoms with Gasteiger partial charge in [0.05, 0.1) is 46.0 Å². The molecule has 1 aromatic heterocycles. The highest BCUT2D eigenvalue weighted by Crippen LogP contribution is 2.37. The number of methoxy groups -OCH3 is 1. The summed E-state index contributed by atoms with van der Waals surface area (Å²) in [7, 11) is -7.24. The van der Waals surface area contributed by atoms with Crippen molar-refractivity contribution in [2.45, 2.75) is 50.0 Å². The summed E-state index contributed by atoms with van der Waals surface area (Å²) in [6.45, 7) is 2.22. The zero-order chi connectivity index (χ0) is 49.5. The third-order valence-electron chi connectivity index (χ3n) is 7.17. The van der Waals surface area contributed by atoms with Crippen molar-refractivity contribution in [3.63, 3.8) is 0 Å². The number of alkyl halides is 6. The largest absolute Gasteiger partial charge is 0.480 e. The molecule has 0 bridgehead atoms. The van der Waals surface area contributed by atoms with Gasteiger partial charge < -0.3 is 34.2 Å². The number of ether oxygens (including phenoxy) is 3. The first-order valence-electron chi connectivity index (χ1n) is 17.4. The van der Waals surface area contributed by atoms with Crippen molar-refractivity contribution >= 4 is 70.7 Å². The van der Waals surface area contributed by atoms with E-state index >= 15 is 0 Å². The Kier molecular flexibility index (Phi) is 20.3. The summed E-state index contributed by atoms with van der Waals surface area (Å²) >= 11 is 11.7. The maximum atomic E-state index is 12.7. The molecule has 1 heterocycles. The second kappa shape index (κ2) is 23.9. The average molecular weight is 1010 g/mol. The van der Waals surface area contributed by atoms with E-state index in [9.17, 15) is 58.5 Å². The topological polar surface area (TPSA) is 303 Å². The number of amides is 2. The number of nitrogens with one attached hydrogen (secondary N) is 3. The molecule has 4 aromatic rings. The first-order chi connectivity index (χ1) is 29.9. The number of benzene rings is 3. The lowest BCUT2D eigenvalue weighted by molar-refractivity contribution is -0.146. The Bertz CT molecular complexity index is 2500. The highest BCUT2D eigenvalue weighted by Gasteiger charge is 2.32. The number of halogens is 8. The number of hydrogen-bond acceptors (Lipinski definition) is 14. The number of carbonyl (C=O) groups excluding carboxylic acids is 2. The summed E-state index contributed by atoms with van der Waals surface area (Å²) in [6.07, 6.45) is -12.7. The number of sulfonamides is 1. The first-order valence-corrected chi connectivity index (χ1v) is 21.4. The Balaban J connectivity index is 0.000000371. The number of hydrogen-bond donors (Lipinski definition) is 7. The fourth-order valence-corrected chi connectivity index (χ4v) is 6.35. The molecule has 0 saturated heterocycles. The SMILES string of the molecule is COc1nc(C)nc(NC(=O)NS(=O)(=O)c2ccccc2CCC(F)(F)F)n1.C[C@H](OC(=O)c1cc(Oc2ccc(C(F)(F)F)cc2Cl)ccc1Cl)C(=O)O.O=C(O)CNCP(=O)(O)O. The lowest BCUT2D eigenvalue weighted by atomic mass is 10.1. The number of esters is 1. The molecular formula is C35H35Cl2F6N6O14PS. The minimum Gasteiger partial charge on any atom is -0.480 e. The van der Waals surface area contributed by atoms with Crippen LogP contribution in [-0.4, -0.2) is 99.5 Å². The summed E-state index contributed by atoms with van der Waals surface area (Å²) in [5.41, 5.74) is -1.19. The summed E-state index contributed by atoms with van der Waals surface area (Å²) < 4.78 is 127. The van der Waals surface area contributed by atoms with Crippen molar-refractivity contribution in [3.8, 4) is 17.5 Å². The van der Waals surface area contributed by atoms with Gasteiger partial charge in [-0.05, 0) is 68.3 Å². The Morgan fingerprint density at radius 3 is 2.11 bits per heavy atom. The molecule has 0 saturated carbocycles. The molecule has 0 fully saturated rings. The van der Waals surface area contributed by atoms with Crippen LogP contribution in [-0.2, 0) is 41.5 Å². The lowest BCUT2D eigenvalue weighted by Crippen LogP contribution is -2.35. The van der Waals surface area contributed by atoms with Crippen LogP contribution in [0.5, 0.6) is 17.5 Å². The van der Waals surface area contributed by atoms with E-state index in [1.807, 2.05) is 0 Å². The third kappa shape index (κ3) is 20.3. The molecule has 0 radical (unpaired) electrons. The van der Waals surface area contributed by atoms with E-state index < -0.39 is 96.1 Å². The van der Waals surface area contributed by atoms with E-state index in [4.69, 9.17) is 57.4 Å². The summed E-state index contributed by atoms with van der Waals surface area (Å²) in [5, 5.41) is 20.6. The van der Waals surface area contributed by atoms with Crippen LogP contribution in [0.4, 0.5) is 37.1 Å². The van der Waals surface area contributed by atoms with Crippen molar-refractivity contribution in [1.29, 1.82) is 0 Å². The maximum absolute atomic E-state index is 12.7. The number of nitrogens with zero attached hydrogens (tertiary/aromatic N) is 3. The Hall–Kier alpha value is -5.83. The fourth-order valence-electron chi connectivity index (χ4n) is 4.35. The molecule has 7 N–H and O–H groups in total. The van der Waals surface area contributed by atoms with Crippen molar-refractivity contribution < 1.29 is 92.7 Å². The monoisotopic (exact) mass is 1010 g/mol. The van der Waals surface area contributed by atoms with Gasteiger partial charge in [0.15, 0.2) is 6.10 Å². The summed E-state index contributed by atoms with van der Waals surface area (Å²) in [6, 6.07) is 10.1. The highest BCUT2D eigenvalue weighted by molar-refractivity contribution is 7.90. The highest BCUT2D eigenvalue weighted by atomic mass is 35.5. The number of aryl methyl sites for hydroxylation is 2. The number of aromatic nitrogens is 3. The van der Waals surface area contributed by atoms with Gasteiger partial charge in [0.1, 0.15) is 17.3 Å². The van der Waals surface area contributed by atoms with E-state index in [1.54, 1.807) is 4.72 Å². The molecule has 3 aromatic carbocycles. The van der Waals surface area contributed by atoms with Gasteiger partial charge in [-0.2, -0.15) is 41.3 Å². The molecule has 30 heteroatoms. The minimum atomic E-state index is -4.56. The summed E-state index contributed by atoms with van der Waals surface area (Å²) in [4.78, 5) is 71.9. The van der Waals surface area contributed by atoms with Crippen molar-refractivity contribution in [3.05, 3.63) is 93.2 Å². The molecule has 1 atom stereocenters. The zero-order valence-electron chi connectivity index (χ0n) is 33.3. The van der Waals surface area contributed by atoms with Crippen molar-refractivity contribution in [2.75, 3.05) is 25.3 Å². The molecule has 0 spiro atoms. The second-order valence-electron chi connectivity index (χ2n) is 12.4. The van der Waals surface area contributed by atoms with Crippen LogP contribution in [0.15, 0.2) is 65.6 Å². The van der Waals surface area contributed by atoms with Gasteiger partial charge >= 0.3 is 49.9 Å². The van der Waals surface area contributed by atoms with E-state index in [1.165, 1.54) is 44.4 Å². The third-order valence-corrected chi connectivity index (χ3v) is 9.86. The zero-order valence-corrected chi connectivity index (χ0v) is 36.5. The normalized spacial score (nSPS) is 12.0. The maximum Gasteiger partial charge on any atom is 0.416 e. The smallest absolute Gasteiger partial charge is 0.416 e. The van der Waals surface area contributed by atoms with E-state index in [0.717, 1.165) is 31.2 Å². The molecule has 65 heavy (non-hydrogen) atoms. The molecular weight excluding hydrogens is 976 g/mol. The van der Waals surface area contributed by atoms with Crippen LogP contribution < -0.4 is 24.8 Å². The predicted molar refractivity (Wildman–Crippen MR) is 214 cm³/mol. The predicted octanol–water partition coefficient (Wildman–Crippen LogP) is 6.42. The van der Waals surface area contributed by atoms with Crippen LogP contribution in [0, 0.1) is 6.92 Å². The standard InChI is InChI=1S/C17H11Cl2F3O5.C15H16F3N5O4S.C3H8NO5P/c1-8(15(23)24)26-16(25)11-7-10(3-4-12(11)18)27-14-5-2-9(6-13(14)19)17(20,21)22;1-9-19-12(22-14(20-9)27-2)21-13(24)23-28(25,26)11-6-4-3-5-10(11)7-8-15(16,17)18;5-3(6)1-4-2-10(7,8)9/h2-8H,1H3,(H,23,24);3-6H,7-8H2,1-2H3,(H2,19,20,21,22,23,24);4H,1-2H2,(H,5,6)(H2,7,8,9)/t8-;;/m0../s1. The van der Waals surface area contributed by atoms with Crippen LogP contribution in [0.2, 0.25) is 10.0 Å². The Morgan fingerprint density at radius 2 is 1.55 bits per heavy atom. The van der Waals surface area contributed by atoms with Gasteiger partial charge in [-0.25, -0.2) is 27.5 Å². The van der Waals surface area contributed by atoms with E-state index in [0.29, 0.717) is 6.07 Å². The van der Waals surface area contributed by atoms with Gasteiger partial charge in [0.2, 0.25) is 5.95 Å². The number of carboxylic acid groups (broad SMARTS) is 2. The molecule has 0 unspecified atom stereocenters. The number of rotatable bonds is 15. The van der Waals surface area contributed by atoms with Crippen molar-refractivity contribution in [1.82, 2.24) is 25.0 Å². The first kappa shape index (κ1) is 55.3. The average Bonchev–Trinajstić information content (AvgIpc) is 3.17. The van der Waals surface area contributed by atoms with Gasteiger partial charge in [0, 0.05) is 6.42 Å². The molecule has 356 valence electrons. The molecule has 0 aliphatic carbocycles. The van der Waals surface area contributed by atoms with E-state index in [2.05, 4.69) is 25.6 Å². The molecule has 20 nitrogen and oxygen atoms in total. The number of urea groups is 1. The van der Waals surface area contributed by atoms with Crippen molar-refractivity contribution in [2.24, 2.45) is 0 Å².